The molecule has 0 spiro atoms. The minimum Gasteiger partial charge on any atom is -0.299 e. The van der Waals surface area contributed by atoms with Gasteiger partial charge in [-0.15, -0.1) is 0 Å². The Morgan fingerprint density at radius 3 is 2.36 bits per heavy atom. The van der Waals surface area contributed by atoms with E-state index in [1.807, 2.05) is 0 Å². The molecule has 0 amide bonds. The van der Waals surface area contributed by atoms with Gasteiger partial charge in [0.2, 0.25) is 10.0 Å². The molecule has 0 aromatic rings. The minimum atomic E-state index is -3.42. The molecule has 0 N–H and O–H groups in total. The number of Topliss-reactive ketones (excluding diaryl/α,β-unsaturated/α-hetero) is 1. The van der Waals surface area contributed by atoms with Crippen molar-refractivity contribution in [3.63, 3.8) is 0 Å². The molecule has 5 heteroatoms. The molecule has 3 saturated carbocycles. The second kappa shape index (κ2) is 4.89. The van der Waals surface area contributed by atoms with Gasteiger partial charge < -0.3 is 0 Å². The van der Waals surface area contributed by atoms with Crippen LogP contribution in [-0.2, 0) is 14.8 Å². The van der Waals surface area contributed by atoms with Gasteiger partial charge in [0.15, 0.2) is 0 Å². The van der Waals surface area contributed by atoms with Crippen LogP contribution in [0.15, 0.2) is 0 Å². The monoisotopic (exact) mass is 367 g/mol. The van der Waals surface area contributed by atoms with Crippen molar-refractivity contribution < 1.29 is 13.2 Å². The molecule has 3 aliphatic carbocycles. The Morgan fingerprint density at radius 2 is 1.80 bits per heavy atom. The Bertz CT molecular complexity index is 725. The first-order valence-corrected chi connectivity index (χ1v) is 11.4. The van der Waals surface area contributed by atoms with Crippen molar-refractivity contribution in [2.45, 2.75) is 79.2 Å². The Labute approximate surface area is 152 Å². The van der Waals surface area contributed by atoms with E-state index in [4.69, 9.17) is 0 Å². The third-order valence-electron chi connectivity index (χ3n) is 8.29. The first-order chi connectivity index (χ1) is 11.3. The van der Waals surface area contributed by atoms with Gasteiger partial charge in [-0.25, -0.2) is 8.42 Å². The number of carbonyl (C=O) groups is 1. The maximum Gasteiger partial charge on any atom is 0.215 e. The molecular formula is C20H33NO3S. The predicted molar refractivity (Wildman–Crippen MR) is 98.6 cm³/mol. The molecule has 4 atom stereocenters. The Balaban J connectivity index is 1.65. The van der Waals surface area contributed by atoms with Gasteiger partial charge in [-0.05, 0) is 54.3 Å². The second-order valence-electron chi connectivity index (χ2n) is 11.2. The fraction of sp³-hybridized carbons (Fsp3) is 0.950. The zero-order valence-electron chi connectivity index (χ0n) is 16.4. The summed E-state index contributed by atoms with van der Waals surface area (Å²) in [5, 5.41) is 0. The average molecular weight is 368 g/mol. The SMILES string of the molecule is CC1(C)CC2CC(C)(CN2S(=O)(=O)C[C@@]23CC[C@@H](CC2=O)C3(C)C)C1. The summed E-state index contributed by atoms with van der Waals surface area (Å²) in [5.41, 5.74) is -0.551. The molecule has 4 nitrogen and oxygen atoms in total. The second-order valence-corrected chi connectivity index (χ2v) is 13.1. The van der Waals surface area contributed by atoms with E-state index in [1.54, 1.807) is 4.31 Å². The maximum atomic E-state index is 13.5. The van der Waals surface area contributed by atoms with Crippen molar-refractivity contribution in [1.29, 1.82) is 0 Å². The zero-order valence-corrected chi connectivity index (χ0v) is 17.2. The molecule has 4 aliphatic rings. The lowest BCUT2D eigenvalue weighted by Crippen LogP contribution is -2.48. The van der Waals surface area contributed by atoms with Crippen LogP contribution in [-0.4, -0.2) is 36.8 Å². The van der Waals surface area contributed by atoms with Gasteiger partial charge in [-0.2, -0.15) is 4.31 Å². The van der Waals surface area contributed by atoms with Gasteiger partial charge in [0.1, 0.15) is 5.78 Å². The molecule has 1 aliphatic heterocycles. The van der Waals surface area contributed by atoms with Crippen molar-refractivity contribution in [2.24, 2.45) is 27.6 Å². The lowest BCUT2D eigenvalue weighted by Gasteiger charge is -2.40. The van der Waals surface area contributed by atoms with E-state index >= 15 is 0 Å². The van der Waals surface area contributed by atoms with E-state index in [2.05, 4.69) is 34.6 Å². The first-order valence-electron chi connectivity index (χ1n) is 9.83. The number of sulfonamides is 1. The highest BCUT2D eigenvalue weighted by molar-refractivity contribution is 7.89. The highest BCUT2D eigenvalue weighted by atomic mass is 32.2. The lowest BCUT2D eigenvalue weighted by atomic mass is 9.65. The quantitative estimate of drug-likeness (QED) is 0.766. The number of hydrogen-bond donors (Lipinski definition) is 0. The van der Waals surface area contributed by atoms with Gasteiger partial charge >= 0.3 is 0 Å². The normalized spacial score (nSPS) is 45.2. The molecule has 1 saturated heterocycles. The highest BCUT2D eigenvalue weighted by Crippen LogP contribution is 2.64. The molecule has 4 rings (SSSR count). The molecule has 0 radical (unpaired) electrons. The van der Waals surface area contributed by atoms with Crippen LogP contribution in [0.4, 0.5) is 0 Å². The number of fused-ring (bicyclic) bond motifs is 4. The average Bonchev–Trinajstić information content (AvgIpc) is 2.89. The summed E-state index contributed by atoms with van der Waals surface area (Å²) < 4.78 is 28.7. The van der Waals surface area contributed by atoms with Crippen LogP contribution in [0, 0.1) is 27.6 Å². The zero-order chi connectivity index (χ0) is 18.5. The molecule has 4 fully saturated rings. The molecule has 25 heavy (non-hydrogen) atoms. The van der Waals surface area contributed by atoms with Crippen LogP contribution >= 0.6 is 0 Å². The van der Waals surface area contributed by atoms with Crippen LogP contribution in [0.3, 0.4) is 0 Å². The van der Waals surface area contributed by atoms with E-state index in [0.717, 1.165) is 32.1 Å². The summed E-state index contributed by atoms with van der Waals surface area (Å²) in [5.74, 6) is 0.602. The van der Waals surface area contributed by atoms with E-state index in [9.17, 15) is 13.2 Å². The van der Waals surface area contributed by atoms with E-state index in [1.165, 1.54) is 0 Å². The molecule has 0 aromatic carbocycles. The third kappa shape index (κ3) is 2.40. The van der Waals surface area contributed by atoms with Crippen LogP contribution in [0.25, 0.3) is 0 Å². The van der Waals surface area contributed by atoms with Crippen molar-refractivity contribution >= 4 is 15.8 Å². The van der Waals surface area contributed by atoms with Crippen LogP contribution in [0.5, 0.6) is 0 Å². The van der Waals surface area contributed by atoms with Crippen molar-refractivity contribution in [3.05, 3.63) is 0 Å². The summed E-state index contributed by atoms with van der Waals surface area (Å²) in [6.07, 6.45) is 5.33. The van der Waals surface area contributed by atoms with Gasteiger partial charge in [-0.3, -0.25) is 4.79 Å². The van der Waals surface area contributed by atoms with Crippen molar-refractivity contribution in [3.8, 4) is 0 Å². The summed E-state index contributed by atoms with van der Waals surface area (Å²) >= 11 is 0. The first kappa shape index (κ1) is 18.0. The third-order valence-corrected chi connectivity index (χ3v) is 10.3. The van der Waals surface area contributed by atoms with Gasteiger partial charge in [-0.1, -0.05) is 34.6 Å². The molecule has 0 aromatic heterocycles. The maximum absolute atomic E-state index is 13.5. The minimum absolute atomic E-state index is 0.0370. The molecule has 142 valence electrons. The molecular weight excluding hydrogens is 334 g/mol. The Kier molecular flexibility index (Phi) is 3.51. The Morgan fingerprint density at radius 1 is 1.12 bits per heavy atom. The van der Waals surface area contributed by atoms with Crippen LogP contribution < -0.4 is 0 Å². The smallest absolute Gasteiger partial charge is 0.215 e. The van der Waals surface area contributed by atoms with Crippen molar-refractivity contribution in [1.82, 2.24) is 4.31 Å². The predicted octanol–water partition coefficient (Wildman–Crippen LogP) is 3.61. The fourth-order valence-electron chi connectivity index (χ4n) is 7.24. The van der Waals surface area contributed by atoms with Crippen LogP contribution in [0.2, 0.25) is 0 Å². The standard InChI is InChI=1S/C20H33NO3S/c1-17(2)9-15-10-19(5,11-17)12-21(15)25(23,24)13-20-7-6-14(8-16(20)22)18(20,3)4/h14-15H,6-13H2,1-5H3/t14-,15?,19?,20-/m0/s1. The number of nitrogens with zero attached hydrogens (tertiary/aromatic N) is 1. The van der Waals surface area contributed by atoms with Gasteiger partial charge in [0, 0.05) is 24.4 Å². The summed E-state index contributed by atoms with van der Waals surface area (Å²) in [6.45, 7) is 11.6. The number of hydrogen-bond acceptors (Lipinski definition) is 3. The summed E-state index contributed by atoms with van der Waals surface area (Å²) in [6, 6.07) is 0.118. The highest BCUT2D eigenvalue weighted by Gasteiger charge is 2.66. The number of rotatable bonds is 3. The number of ketones is 1. The fourth-order valence-corrected chi connectivity index (χ4v) is 9.81. The lowest BCUT2D eigenvalue weighted by molar-refractivity contribution is -0.128. The Hall–Kier alpha value is -0.420. The van der Waals surface area contributed by atoms with Crippen LogP contribution in [0.1, 0.15) is 73.1 Å². The van der Waals surface area contributed by atoms with Crippen molar-refractivity contribution in [2.75, 3.05) is 12.3 Å². The van der Waals surface area contributed by atoms with Gasteiger partial charge in [0.25, 0.3) is 0 Å². The molecule has 1 heterocycles. The summed E-state index contributed by atoms with van der Waals surface area (Å²) in [7, 11) is -3.42. The molecule has 2 unspecified atom stereocenters. The largest absolute Gasteiger partial charge is 0.299 e. The van der Waals surface area contributed by atoms with E-state index < -0.39 is 15.4 Å². The van der Waals surface area contributed by atoms with E-state index in [-0.39, 0.29) is 33.8 Å². The van der Waals surface area contributed by atoms with E-state index in [0.29, 0.717) is 18.9 Å². The topological polar surface area (TPSA) is 54.5 Å². The molecule has 4 bridgehead atoms. The number of carbonyl (C=O) groups excluding carboxylic acids is 1. The summed E-state index contributed by atoms with van der Waals surface area (Å²) in [4.78, 5) is 12.8. The van der Waals surface area contributed by atoms with Gasteiger partial charge in [0.05, 0.1) is 5.75 Å².